The molecule has 4 aromatic rings. The minimum absolute atomic E-state index is 0.185. The average Bonchev–Trinajstić information content (AvgIpc) is 2.94. The Bertz CT molecular complexity index is 1630. The Morgan fingerprint density at radius 2 is 1.44 bits per heavy atom. The van der Waals surface area contributed by atoms with Crippen LogP contribution in [0.2, 0.25) is 5.02 Å². The van der Waals surface area contributed by atoms with Crippen molar-refractivity contribution in [3.8, 4) is 11.5 Å². The molecule has 0 unspecified atom stereocenters. The minimum atomic E-state index is -0.827. The number of nitrogens with one attached hydrogen (secondary N) is 1. The molecule has 1 heterocycles. The topological polar surface area (TPSA) is 84.9 Å². The Labute approximate surface area is 243 Å². The number of urea groups is 1. The fourth-order valence-electron chi connectivity index (χ4n) is 4.53. The number of carbonyl (C=O) groups excluding carboxylic acids is 3. The average molecular weight is 567 g/mol. The number of amides is 4. The highest BCUT2D eigenvalue weighted by Gasteiger charge is 2.37. The number of benzene rings is 4. The van der Waals surface area contributed by atoms with Gasteiger partial charge in [0.15, 0.2) is 0 Å². The van der Waals surface area contributed by atoms with Gasteiger partial charge in [-0.3, -0.25) is 14.9 Å². The van der Waals surface area contributed by atoms with Crippen LogP contribution < -0.4 is 19.7 Å². The van der Waals surface area contributed by atoms with Crippen LogP contribution in [0.15, 0.2) is 96.6 Å². The predicted octanol–water partition coefficient (Wildman–Crippen LogP) is 6.78. The number of anilines is 1. The number of nitrogens with zero attached hydrogens (tertiary/aromatic N) is 1. The van der Waals surface area contributed by atoms with Crippen LogP contribution in [0.25, 0.3) is 6.08 Å². The molecule has 0 radical (unpaired) electrons. The molecule has 1 fully saturated rings. The summed E-state index contributed by atoms with van der Waals surface area (Å²) in [7, 11) is 0. The molecule has 4 aromatic carbocycles. The third-order valence-electron chi connectivity index (χ3n) is 6.41. The van der Waals surface area contributed by atoms with Crippen LogP contribution in [0.3, 0.4) is 0 Å². The normalized spacial score (nSPS) is 14.3. The van der Waals surface area contributed by atoms with Crippen LogP contribution in [0, 0.1) is 13.8 Å². The van der Waals surface area contributed by atoms with Gasteiger partial charge in [-0.15, -0.1) is 0 Å². The van der Waals surface area contributed by atoms with Gasteiger partial charge in [-0.05, 0) is 73.5 Å². The number of carbonyl (C=O) groups is 3. The summed E-state index contributed by atoms with van der Waals surface area (Å²) in [5.74, 6) is -0.457. The first kappa shape index (κ1) is 27.7. The number of aryl methyl sites for hydroxylation is 2. The van der Waals surface area contributed by atoms with Gasteiger partial charge in [0.1, 0.15) is 30.3 Å². The molecule has 1 aliphatic rings. The van der Waals surface area contributed by atoms with Crippen molar-refractivity contribution < 1.29 is 23.9 Å². The molecule has 206 valence electrons. The number of barbiturate groups is 1. The van der Waals surface area contributed by atoms with E-state index in [2.05, 4.69) is 11.4 Å². The van der Waals surface area contributed by atoms with Gasteiger partial charge < -0.3 is 9.47 Å². The summed E-state index contributed by atoms with van der Waals surface area (Å²) in [5, 5.41) is 2.90. The molecule has 1 aliphatic heterocycles. The maximum atomic E-state index is 13.4. The molecule has 4 amide bonds. The summed E-state index contributed by atoms with van der Waals surface area (Å²) in [6.07, 6.45) is 1.44. The second-order valence-corrected chi connectivity index (χ2v) is 10.1. The second-order valence-electron chi connectivity index (χ2n) is 9.69. The molecule has 7 nitrogen and oxygen atoms in total. The third kappa shape index (κ3) is 6.65. The number of hydrogen-bond donors (Lipinski definition) is 1. The fraction of sp³-hybridized carbons (Fsp3) is 0.121. The molecular formula is C33H27ClN2O5. The van der Waals surface area contributed by atoms with Gasteiger partial charge in [0.2, 0.25) is 0 Å². The van der Waals surface area contributed by atoms with E-state index in [0.717, 1.165) is 27.2 Å². The number of para-hydroxylation sites is 1. The molecule has 0 atom stereocenters. The molecule has 0 aliphatic carbocycles. The predicted molar refractivity (Wildman–Crippen MR) is 158 cm³/mol. The molecule has 0 spiro atoms. The number of hydrogen-bond acceptors (Lipinski definition) is 5. The fourth-order valence-corrected chi connectivity index (χ4v) is 4.66. The third-order valence-corrected chi connectivity index (χ3v) is 6.66. The smallest absolute Gasteiger partial charge is 0.335 e. The lowest BCUT2D eigenvalue weighted by molar-refractivity contribution is -0.122. The Balaban J connectivity index is 1.33. The summed E-state index contributed by atoms with van der Waals surface area (Å²) in [5.41, 5.74) is 4.86. The van der Waals surface area contributed by atoms with E-state index in [-0.39, 0.29) is 5.57 Å². The zero-order valence-electron chi connectivity index (χ0n) is 22.5. The Morgan fingerprint density at radius 3 is 2.15 bits per heavy atom. The van der Waals surface area contributed by atoms with E-state index in [1.165, 1.54) is 6.08 Å². The van der Waals surface area contributed by atoms with Crippen molar-refractivity contribution >= 4 is 41.2 Å². The van der Waals surface area contributed by atoms with Gasteiger partial charge in [0.05, 0.1) is 5.69 Å². The van der Waals surface area contributed by atoms with E-state index >= 15 is 0 Å². The van der Waals surface area contributed by atoms with Crippen molar-refractivity contribution in [2.24, 2.45) is 0 Å². The summed E-state index contributed by atoms with van der Waals surface area (Å²) in [4.78, 5) is 39.8. The van der Waals surface area contributed by atoms with E-state index in [0.29, 0.717) is 41.0 Å². The molecule has 0 bridgehead atoms. The molecule has 0 aromatic heterocycles. The van der Waals surface area contributed by atoms with Crippen LogP contribution in [-0.2, 0) is 22.8 Å². The second kappa shape index (κ2) is 12.1. The summed E-state index contributed by atoms with van der Waals surface area (Å²) in [6, 6.07) is 26.2. The Morgan fingerprint density at radius 1 is 0.780 bits per heavy atom. The lowest BCUT2D eigenvalue weighted by Gasteiger charge is -2.26. The number of halogens is 1. The van der Waals surface area contributed by atoms with Crippen molar-refractivity contribution in [2.75, 3.05) is 4.90 Å². The standard InChI is InChI=1S/C33H27ClN2O5/c1-21-15-22(2)17-24(16-21)20-41-30-6-4-3-5-25(30)18-29-31(37)35-33(39)36(32(29)38)27-11-13-28(14-12-27)40-19-23-7-9-26(34)10-8-23/h3-18H,19-20H2,1-2H3,(H,35,37,39)/b29-18+. The van der Waals surface area contributed by atoms with E-state index in [9.17, 15) is 14.4 Å². The van der Waals surface area contributed by atoms with Gasteiger partial charge in [0.25, 0.3) is 11.8 Å². The van der Waals surface area contributed by atoms with Crippen molar-refractivity contribution in [3.63, 3.8) is 0 Å². The zero-order valence-corrected chi connectivity index (χ0v) is 23.3. The minimum Gasteiger partial charge on any atom is -0.489 e. The van der Waals surface area contributed by atoms with Gasteiger partial charge in [0, 0.05) is 10.6 Å². The van der Waals surface area contributed by atoms with Crippen LogP contribution >= 0.6 is 11.6 Å². The maximum absolute atomic E-state index is 13.4. The van der Waals surface area contributed by atoms with E-state index in [1.54, 1.807) is 54.6 Å². The first-order valence-electron chi connectivity index (χ1n) is 12.9. The summed E-state index contributed by atoms with van der Waals surface area (Å²) < 4.78 is 11.9. The molecule has 1 N–H and O–H groups in total. The molecule has 41 heavy (non-hydrogen) atoms. The maximum Gasteiger partial charge on any atom is 0.335 e. The van der Waals surface area contributed by atoms with Crippen molar-refractivity contribution in [2.45, 2.75) is 27.1 Å². The van der Waals surface area contributed by atoms with Crippen LogP contribution in [-0.4, -0.2) is 17.8 Å². The number of ether oxygens (including phenoxy) is 2. The van der Waals surface area contributed by atoms with Crippen LogP contribution in [0.4, 0.5) is 10.5 Å². The van der Waals surface area contributed by atoms with E-state index in [4.69, 9.17) is 21.1 Å². The first-order valence-corrected chi connectivity index (χ1v) is 13.3. The van der Waals surface area contributed by atoms with Gasteiger partial charge in [-0.1, -0.05) is 71.3 Å². The molecule has 5 rings (SSSR count). The van der Waals surface area contributed by atoms with Gasteiger partial charge in [-0.25, -0.2) is 9.69 Å². The number of rotatable bonds is 8. The lowest BCUT2D eigenvalue weighted by atomic mass is 10.1. The van der Waals surface area contributed by atoms with Crippen LogP contribution in [0.5, 0.6) is 11.5 Å². The highest BCUT2D eigenvalue weighted by atomic mass is 35.5. The quantitative estimate of drug-likeness (QED) is 0.188. The highest BCUT2D eigenvalue weighted by molar-refractivity contribution is 6.39. The summed E-state index contributed by atoms with van der Waals surface area (Å²) in [6.45, 7) is 4.69. The van der Waals surface area contributed by atoms with Gasteiger partial charge >= 0.3 is 6.03 Å². The summed E-state index contributed by atoms with van der Waals surface area (Å²) >= 11 is 5.93. The van der Waals surface area contributed by atoms with E-state index in [1.807, 2.05) is 44.2 Å². The molecule has 8 heteroatoms. The Kier molecular flexibility index (Phi) is 8.17. The largest absolute Gasteiger partial charge is 0.489 e. The number of imide groups is 2. The van der Waals surface area contributed by atoms with Gasteiger partial charge in [-0.2, -0.15) is 0 Å². The van der Waals surface area contributed by atoms with Crippen LogP contribution in [0.1, 0.15) is 27.8 Å². The van der Waals surface area contributed by atoms with Crippen molar-refractivity contribution in [1.82, 2.24) is 5.32 Å². The van der Waals surface area contributed by atoms with Crippen molar-refractivity contribution in [1.29, 1.82) is 0 Å². The van der Waals surface area contributed by atoms with E-state index < -0.39 is 17.8 Å². The zero-order chi connectivity index (χ0) is 28.9. The molecular weight excluding hydrogens is 540 g/mol. The SMILES string of the molecule is Cc1cc(C)cc(COc2ccccc2/C=C2\C(=O)NC(=O)N(c3ccc(OCc4ccc(Cl)cc4)cc3)C2=O)c1. The first-order chi connectivity index (χ1) is 19.8. The lowest BCUT2D eigenvalue weighted by Crippen LogP contribution is -2.54. The Hall–Kier alpha value is -4.88. The molecule has 0 saturated carbocycles. The molecule has 1 saturated heterocycles. The monoisotopic (exact) mass is 566 g/mol. The van der Waals surface area contributed by atoms with Crippen molar-refractivity contribution in [3.05, 3.63) is 129 Å². The highest BCUT2D eigenvalue weighted by Crippen LogP contribution is 2.27.